The lowest BCUT2D eigenvalue weighted by molar-refractivity contribution is -0.149. The molecule has 4 aromatic carbocycles. The van der Waals surface area contributed by atoms with Crippen molar-refractivity contribution in [2.24, 2.45) is 0 Å². The standard InChI is InChI=1S/C33H32O5S/c34-39(29-19-11-4-12-20-29)31-25-36-30(24-35-21-26-13-5-1-6-14-26)32(37-22-27-15-7-2-8-16-27)33(31)38-23-28-17-9-3-10-18-28/h1-20,25,30,32-33H,21-24H2/t30-,32+,33-,39?/m1/s1. The molecule has 0 aliphatic carbocycles. The number of rotatable bonds is 12. The normalized spacial score (nSPS) is 19.6. The highest BCUT2D eigenvalue weighted by atomic mass is 32.2. The van der Waals surface area contributed by atoms with Gasteiger partial charge >= 0.3 is 0 Å². The summed E-state index contributed by atoms with van der Waals surface area (Å²) in [7, 11) is -1.49. The molecular formula is C33H32O5S. The van der Waals surface area contributed by atoms with E-state index in [2.05, 4.69) is 0 Å². The van der Waals surface area contributed by atoms with Crippen molar-refractivity contribution in [2.75, 3.05) is 6.61 Å². The summed E-state index contributed by atoms with van der Waals surface area (Å²) in [5.41, 5.74) is 3.13. The van der Waals surface area contributed by atoms with Crippen LogP contribution in [0.5, 0.6) is 0 Å². The van der Waals surface area contributed by atoms with Gasteiger partial charge in [0.1, 0.15) is 12.2 Å². The van der Waals surface area contributed by atoms with Crippen LogP contribution in [0, 0.1) is 0 Å². The first kappa shape index (κ1) is 27.0. The molecule has 5 nitrogen and oxygen atoms in total. The molecule has 39 heavy (non-hydrogen) atoms. The quantitative estimate of drug-likeness (QED) is 0.208. The van der Waals surface area contributed by atoms with Gasteiger partial charge < -0.3 is 18.9 Å². The lowest BCUT2D eigenvalue weighted by atomic mass is 10.1. The maximum Gasteiger partial charge on any atom is 0.150 e. The van der Waals surface area contributed by atoms with E-state index in [0.29, 0.717) is 36.2 Å². The van der Waals surface area contributed by atoms with Crippen molar-refractivity contribution < 1.29 is 23.2 Å². The summed E-state index contributed by atoms with van der Waals surface area (Å²) in [6.45, 7) is 1.45. The third-order valence-electron chi connectivity index (χ3n) is 6.43. The average molecular weight is 541 g/mol. The highest BCUT2D eigenvalue weighted by Crippen LogP contribution is 2.31. The van der Waals surface area contributed by atoms with Gasteiger partial charge in [0.2, 0.25) is 0 Å². The zero-order valence-electron chi connectivity index (χ0n) is 21.6. The fourth-order valence-corrected chi connectivity index (χ4v) is 5.62. The third kappa shape index (κ3) is 7.52. The van der Waals surface area contributed by atoms with Crippen LogP contribution in [0.15, 0.2) is 137 Å². The Balaban J connectivity index is 1.40. The predicted molar refractivity (Wildman–Crippen MR) is 152 cm³/mol. The molecule has 1 heterocycles. The highest BCUT2D eigenvalue weighted by Gasteiger charge is 2.41. The molecule has 0 aromatic heterocycles. The Bertz CT molecular complexity index is 1330. The topological polar surface area (TPSA) is 54.0 Å². The van der Waals surface area contributed by atoms with Gasteiger partial charge in [-0.25, -0.2) is 4.21 Å². The number of benzene rings is 4. The lowest BCUT2D eigenvalue weighted by Gasteiger charge is -2.37. The second kappa shape index (κ2) is 14.0. The van der Waals surface area contributed by atoms with Crippen LogP contribution in [-0.2, 0) is 49.6 Å². The SMILES string of the molecule is O=S(C1=CO[C@H](COCc2ccccc2)[C@H](OCc2ccccc2)[C@@H]1OCc1ccccc1)c1ccccc1. The summed E-state index contributed by atoms with van der Waals surface area (Å²) in [6.07, 6.45) is -0.0152. The van der Waals surface area contributed by atoms with E-state index in [1.54, 1.807) is 6.26 Å². The second-order valence-electron chi connectivity index (χ2n) is 9.26. The molecule has 0 spiro atoms. The van der Waals surface area contributed by atoms with Gasteiger partial charge in [-0.2, -0.15) is 0 Å². The van der Waals surface area contributed by atoms with Gasteiger partial charge in [-0.15, -0.1) is 0 Å². The summed E-state index contributed by atoms with van der Waals surface area (Å²) in [5.74, 6) is 0. The fourth-order valence-electron chi connectivity index (χ4n) is 4.39. The van der Waals surface area contributed by atoms with E-state index in [0.717, 1.165) is 16.7 Å². The molecule has 5 rings (SSSR count). The molecule has 6 heteroatoms. The maximum atomic E-state index is 13.7. The zero-order valence-corrected chi connectivity index (χ0v) is 22.5. The van der Waals surface area contributed by atoms with E-state index in [1.165, 1.54) is 0 Å². The minimum Gasteiger partial charge on any atom is -0.492 e. The Kier molecular flexibility index (Phi) is 9.71. The Labute approximate surface area is 232 Å². The Hall–Kier alpha value is -3.55. The van der Waals surface area contributed by atoms with E-state index < -0.39 is 29.1 Å². The van der Waals surface area contributed by atoms with Crippen LogP contribution in [0.4, 0.5) is 0 Å². The average Bonchev–Trinajstić information content (AvgIpc) is 3.01. The lowest BCUT2D eigenvalue weighted by Crippen LogP contribution is -2.48. The smallest absolute Gasteiger partial charge is 0.150 e. The molecule has 0 amide bonds. The minimum absolute atomic E-state index is 0.293. The number of hydrogen-bond donors (Lipinski definition) is 0. The summed E-state index contributed by atoms with van der Waals surface area (Å²) in [5, 5.41) is 0. The van der Waals surface area contributed by atoms with E-state index in [9.17, 15) is 4.21 Å². The molecule has 0 fully saturated rings. The van der Waals surface area contributed by atoms with Crippen LogP contribution in [-0.4, -0.2) is 29.1 Å². The summed E-state index contributed by atoms with van der Waals surface area (Å²) < 4.78 is 39.0. The molecule has 1 aliphatic rings. The van der Waals surface area contributed by atoms with E-state index in [4.69, 9.17) is 18.9 Å². The molecule has 0 saturated heterocycles. The Morgan fingerprint density at radius 3 is 1.67 bits per heavy atom. The van der Waals surface area contributed by atoms with Gasteiger partial charge in [-0.05, 0) is 28.8 Å². The third-order valence-corrected chi connectivity index (χ3v) is 7.88. The van der Waals surface area contributed by atoms with Gasteiger partial charge in [0.25, 0.3) is 0 Å². The summed E-state index contributed by atoms with van der Waals surface area (Å²) >= 11 is 0. The molecule has 1 unspecified atom stereocenters. The van der Waals surface area contributed by atoms with Gasteiger partial charge in [-0.1, -0.05) is 109 Å². The predicted octanol–water partition coefficient (Wildman–Crippen LogP) is 6.42. The van der Waals surface area contributed by atoms with Crippen molar-refractivity contribution in [3.63, 3.8) is 0 Å². The monoisotopic (exact) mass is 540 g/mol. The van der Waals surface area contributed by atoms with Crippen LogP contribution >= 0.6 is 0 Å². The van der Waals surface area contributed by atoms with E-state index in [-0.39, 0.29) is 0 Å². The van der Waals surface area contributed by atoms with Crippen molar-refractivity contribution in [3.8, 4) is 0 Å². The van der Waals surface area contributed by atoms with Gasteiger partial charge in [-0.3, -0.25) is 0 Å². The van der Waals surface area contributed by atoms with Crippen LogP contribution in [0.3, 0.4) is 0 Å². The van der Waals surface area contributed by atoms with Gasteiger partial charge in [0.05, 0.1) is 48.4 Å². The van der Waals surface area contributed by atoms with E-state index in [1.807, 2.05) is 121 Å². The van der Waals surface area contributed by atoms with Crippen molar-refractivity contribution in [2.45, 2.75) is 43.0 Å². The Morgan fingerprint density at radius 2 is 1.10 bits per heavy atom. The summed E-state index contributed by atoms with van der Waals surface area (Å²) in [6, 6.07) is 39.3. The van der Waals surface area contributed by atoms with Crippen LogP contribution < -0.4 is 0 Å². The summed E-state index contributed by atoms with van der Waals surface area (Å²) in [4.78, 5) is 1.22. The zero-order chi connectivity index (χ0) is 26.7. The highest BCUT2D eigenvalue weighted by molar-refractivity contribution is 7.89. The van der Waals surface area contributed by atoms with Crippen molar-refractivity contribution in [1.29, 1.82) is 0 Å². The molecular weight excluding hydrogens is 508 g/mol. The van der Waals surface area contributed by atoms with Crippen molar-refractivity contribution in [1.82, 2.24) is 0 Å². The van der Waals surface area contributed by atoms with Crippen LogP contribution in [0.1, 0.15) is 16.7 Å². The molecule has 4 atom stereocenters. The first-order chi connectivity index (χ1) is 19.3. The van der Waals surface area contributed by atoms with Crippen LogP contribution in [0.2, 0.25) is 0 Å². The largest absolute Gasteiger partial charge is 0.492 e. The molecule has 0 bridgehead atoms. The van der Waals surface area contributed by atoms with Crippen LogP contribution in [0.25, 0.3) is 0 Å². The number of hydrogen-bond acceptors (Lipinski definition) is 5. The van der Waals surface area contributed by atoms with E-state index >= 15 is 0 Å². The molecule has 0 saturated carbocycles. The molecule has 0 radical (unpaired) electrons. The molecule has 1 aliphatic heterocycles. The molecule has 200 valence electrons. The Morgan fingerprint density at radius 1 is 0.615 bits per heavy atom. The molecule has 4 aromatic rings. The first-order valence-electron chi connectivity index (χ1n) is 13.0. The first-order valence-corrected chi connectivity index (χ1v) is 14.2. The minimum atomic E-state index is -1.49. The number of ether oxygens (including phenoxy) is 4. The molecule has 0 N–H and O–H groups in total. The fraction of sp³-hybridized carbons (Fsp3) is 0.212. The van der Waals surface area contributed by atoms with Crippen molar-refractivity contribution >= 4 is 10.8 Å². The van der Waals surface area contributed by atoms with Crippen molar-refractivity contribution in [3.05, 3.63) is 149 Å². The second-order valence-corrected chi connectivity index (χ2v) is 10.7. The van der Waals surface area contributed by atoms with Gasteiger partial charge in [0.15, 0.2) is 6.10 Å². The van der Waals surface area contributed by atoms with Gasteiger partial charge in [0, 0.05) is 4.90 Å². The maximum absolute atomic E-state index is 13.7.